The summed E-state index contributed by atoms with van der Waals surface area (Å²) in [6.07, 6.45) is 2.13. The Kier molecular flexibility index (Phi) is 3.80. The van der Waals surface area contributed by atoms with E-state index in [0.29, 0.717) is 24.1 Å². The van der Waals surface area contributed by atoms with Gasteiger partial charge < -0.3 is 16.2 Å². The second-order valence-corrected chi connectivity index (χ2v) is 5.71. The summed E-state index contributed by atoms with van der Waals surface area (Å²) in [6, 6.07) is 4.90. The van der Waals surface area contributed by atoms with Gasteiger partial charge in [0, 0.05) is 22.3 Å². The summed E-state index contributed by atoms with van der Waals surface area (Å²) in [6.45, 7) is 0.164. The summed E-state index contributed by atoms with van der Waals surface area (Å²) in [5, 5.41) is 11.8. The molecule has 6 heteroatoms. The molecule has 0 spiro atoms. The molecule has 4 N–H and O–H groups in total. The van der Waals surface area contributed by atoms with Crippen LogP contribution in [0, 0.1) is 5.41 Å². The SMILES string of the molecule is Nc1cc(C(=O)NCC2(C(=O)O)CCC2)ccc1Br. The monoisotopic (exact) mass is 326 g/mol. The lowest BCUT2D eigenvalue weighted by atomic mass is 9.69. The summed E-state index contributed by atoms with van der Waals surface area (Å²) in [5.74, 6) is -1.14. The Morgan fingerprint density at radius 3 is 2.58 bits per heavy atom. The van der Waals surface area contributed by atoms with Gasteiger partial charge in [0.25, 0.3) is 5.91 Å². The molecule has 0 aromatic heterocycles. The third-order valence-electron chi connectivity index (χ3n) is 3.61. The number of halogens is 1. The molecule has 0 saturated heterocycles. The fraction of sp³-hybridized carbons (Fsp3) is 0.385. The van der Waals surface area contributed by atoms with Gasteiger partial charge in [-0.3, -0.25) is 9.59 Å². The zero-order valence-corrected chi connectivity index (χ0v) is 11.9. The van der Waals surface area contributed by atoms with Crippen LogP contribution < -0.4 is 11.1 Å². The van der Waals surface area contributed by atoms with Gasteiger partial charge in [-0.05, 0) is 47.0 Å². The third-order valence-corrected chi connectivity index (χ3v) is 4.33. The highest BCUT2D eigenvalue weighted by Gasteiger charge is 2.44. The molecule has 19 heavy (non-hydrogen) atoms. The lowest BCUT2D eigenvalue weighted by Gasteiger charge is -2.37. The van der Waals surface area contributed by atoms with Crippen molar-refractivity contribution in [3.63, 3.8) is 0 Å². The Hall–Kier alpha value is -1.56. The van der Waals surface area contributed by atoms with Crippen molar-refractivity contribution in [1.29, 1.82) is 0 Å². The normalized spacial score (nSPS) is 16.5. The topological polar surface area (TPSA) is 92.4 Å². The van der Waals surface area contributed by atoms with Gasteiger partial charge in [-0.15, -0.1) is 0 Å². The zero-order valence-electron chi connectivity index (χ0n) is 10.3. The van der Waals surface area contributed by atoms with E-state index in [1.165, 1.54) is 0 Å². The fourth-order valence-corrected chi connectivity index (χ4v) is 2.35. The van der Waals surface area contributed by atoms with Gasteiger partial charge >= 0.3 is 5.97 Å². The lowest BCUT2D eigenvalue weighted by Crippen LogP contribution is -2.47. The van der Waals surface area contributed by atoms with Crippen molar-refractivity contribution in [3.05, 3.63) is 28.2 Å². The first-order valence-corrected chi connectivity index (χ1v) is 6.80. The van der Waals surface area contributed by atoms with Crippen molar-refractivity contribution in [1.82, 2.24) is 5.32 Å². The number of hydrogen-bond acceptors (Lipinski definition) is 3. The van der Waals surface area contributed by atoms with E-state index in [0.717, 1.165) is 10.9 Å². The Morgan fingerprint density at radius 1 is 1.42 bits per heavy atom. The first-order chi connectivity index (χ1) is 8.94. The Balaban J connectivity index is 2.01. The molecule has 0 aliphatic heterocycles. The van der Waals surface area contributed by atoms with E-state index in [-0.39, 0.29) is 12.5 Å². The summed E-state index contributed by atoms with van der Waals surface area (Å²) in [7, 11) is 0. The molecule has 5 nitrogen and oxygen atoms in total. The van der Waals surface area contributed by atoms with E-state index in [1.54, 1.807) is 18.2 Å². The number of carbonyl (C=O) groups excluding carboxylic acids is 1. The minimum Gasteiger partial charge on any atom is -0.481 e. The van der Waals surface area contributed by atoms with Crippen molar-refractivity contribution in [3.8, 4) is 0 Å². The maximum atomic E-state index is 11.9. The zero-order chi connectivity index (χ0) is 14.0. The second-order valence-electron chi connectivity index (χ2n) is 4.86. The lowest BCUT2D eigenvalue weighted by molar-refractivity contribution is -0.153. The first-order valence-electron chi connectivity index (χ1n) is 6.01. The van der Waals surface area contributed by atoms with Crippen LogP contribution in [0.4, 0.5) is 5.69 Å². The van der Waals surface area contributed by atoms with E-state index in [2.05, 4.69) is 21.2 Å². The van der Waals surface area contributed by atoms with Gasteiger partial charge in [-0.25, -0.2) is 0 Å². The highest BCUT2D eigenvalue weighted by molar-refractivity contribution is 9.10. The van der Waals surface area contributed by atoms with Crippen molar-refractivity contribution in [2.75, 3.05) is 12.3 Å². The van der Waals surface area contributed by atoms with E-state index in [4.69, 9.17) is 5.73 Å². The minimum absolute atomic E-state index is 0.164. The molecule has 1 fully saturated rings. The largest absolute Gasteiger partial charge is 0.481 e. The van der Waals surface area contributed by atoms with E-state index >= 15 is 0 Å². The number of carbonyl (C=O) groups is 2. The number of nitrogens with one attached hydrogen (secondary N) is 1. The Morgan fingerprint density at radius 2 is 2.11 bits per heavy atom. The number of carboxylic acids is 1. The highest BCUT2D eigenvalue weighted by atomic mass is 79.9. The van der Waals surface area contributed by atoms with Gasteiger partial charge in [0.1, 0.15) is 0 Å². The van der Waals surface area contributed by atoms with Gasteiger partial charge in [0.05, 0.1) is 5.41 Å². The predicted molar refractivity (Wildman–Crippen MR) is 74.8 cm³/mol. The third kappa shape index (κ3) is 2.73. The predicted octanol–water partition coefficient (Wildman–Crippen LogP) is 2.02. The molecular weight excluding hydrogens is 312 g/mol. The van der Waals surface area contributed by atoms with Crippen LogP contribution >= 0.6 is 15.9 Å². The summed E-state index contributed by atoms with van der Waals surface area (Å²) in [5.41, 5.74) is 5.83. The quantitative estimate of drug-likeness (QED) is 0.738. The van der Waals surface area contributed by atoms with Crippen molar-refractivity contribution in [2.24, 2.45) is 5.41 Å². The van der Waals surface area contributed by atoms with E-state index in [9.17, 15) is 14.7 Å². The van der Waals surface area contributed by atoms with E-state index in [1.807, 2.05) is 0 Å². The van der Waals surface area contributed by atoms with Crippen LogP contribution in [0.3, 0.4) is 0 Å². The molecule has 0 unspecified atom stereocenters. The number of nitrogen functional groups attached to an aromatic ring is 1. The average molecular weight is 327 g/mol. The van der Waals surface area contributed by atoms with Crippen LogP contribution in [-0.2, 0) is 4.79 Å². The standard InChI is InChI=1S/C13H15BrN2O3/c14-9-3-2-8(6-10(9)15)11(17)16-7-13(12(18)19)4-1-5-13/h2-3,6H,1,4-5,7,15H2,(H,16,17)(H,18,19). The number of amides is 1. The minimum atomic E-state index is -0.839. The van der Waals surface area contributed by atoms with Crippen LogP contribution in [0.15, 0.2) is 22.7 Å². The molecule has 1 aromatic rings. The molecule has 0 radical (unpaired) electrons. The van der Waals surface area contributed by atoms with Crippen molar-refractivity contribution < 1.29 is 14.7 Å². The smallest absolute Gasteiger partial charge is 0.311 e. The van der Waals surface area contributed by atoms with Crippen LogP contribution in [0.2, 0.25) is 0 Å². The highest BCUT2D eigenvalue weighted by Crippen LogP contribution is 2.40. The molecule has 1 aliphatic carbocycles. The Labute approximate surface area is 119 Å². The number of anilines is 1. The maximum absolute atomic E-state index is 11.9. The molecule has 1 aromatic carbocycles. The second kappa shape index (κ2) is 5.21. The number of aliphatic carboxylic acids is 1. The molecule has 1 amide bonds. The fourth-order valence-electron chi connectivity index (χ4n) is 2.11. The van der Waals surface area contributed by atoms with Gasteiger partial charge in [-0.1, -0.05) is 6.42 Å². The summed E-state index contributed by atoms with van der Waals surface area (Å²) in [4.78, 5) is 23.1. The number of benzene rings is 1. The molecule has 0 bridgehead atoms. The summed E-state index contributed by atoms with van der Waals surface area (Å²) < 4.78 is 0.727. The molecule has 2 rings (SSSR count). The maximum Gasteiger partial charge on any atom is 0.311 e. The molecule has 1 aliphatic rings. The average Bonchev–Trinajstić information content (AvgIpc) is 2.30. The molecular formula is C13H15BrN2O3. The number of hydrogen-bond donors (Lipinski definition) is 3. The molecule has 1 saturated carbocycles. The number of rotatable bonds is 4. The van der Waals surface area contributed by atoms with Crippen LogP contribution in [0.1, 0.15) is 29.6 Å². The van der Waals surface area contributed by atoms with Crippen molar-refractivity contribution in [2.45, 2.75) is 19.3 Å². The molecule has 0 heterocycles. The van der Waals surface area contributed by atoms with Crippen molar-refractivity contribution >= 4 is 33.5 Å². The Bertz CT molecular complexity index is 527. The molecule has 102 valence electrons. The summed E-state index contributed by atoms with van der Waals surface area (Å²) >= 11 is 3.25. The van der Waals surface area contributed by atoms with Crippen LogP contribution in [0.25, 0.3) is 0 Å². The first kappa shape index (κ1) is 13.9. The van der Waals surface area contributed by atoms with Crippen LogP contribution in [-0.4, -0.2) is 23.5 Å². The van der Waals surface area contributed by atoms with Crippen LogP contribution in [0.5, 0.6) is 0 Å². The van der Waals surface area contributed by atoms with E-state index < -0.39 is 11.4 Å². The van der Waals surface area contributed by atoms with Gasteiger partial charge in [0.15, 0.2) is 0 Å². The molecule has 0 atom stereocenters. The van der Waals surface area contributed by atoms with Gasteiger partial charge in [-0.2, -0.15) is 0 Å². The number of nitrogens with two attached hydrogens (primary N) is 1. The van der Waals surface area contributed by atoms with Gasteiger partial charge in [0.2, 0.25) is 0 Å². The number of carboxylic acid groups (broad SMARTS) is 1.